The zero-order valence-corrected chi connectivity index (χ0v) is 11.8. The minimum Gasteiger partial charge on any atom is -0.355 e. The Balaban J connectivity index is 3.33. The molecule has 0 aromatic heterocycles. The number of unbranched alkanes of at least 4 members (excludes halogenated alkanes) is 4. The van der Waals surface area contributed by atoms with Crippen LogP contribution in [0.25, 0.3) is 0 Å². The summed E-state index contributed by atoms with van der Waals surface area (Å²) in [5, 5.41) is 6.14. The molecule has 0 aromatic rings. The molecule has 0 aromatic carbocycles. The molecule has 0 saturated carbocycles. The predicted molar refractivity (Wildman–Crippen MR) is 74.1 cm³/mol. The second-order valence-electron chi connectivity index (χ2n) is 4.83. The summed E-state index contributed by atoms with van der Waals surface area (Å²) in [6.07, 6.45) is 8.75. The van der Waals surface area contributed by atoms with E-state index in [-0.39, 0.29) is 5.91 Å². The molecular formula is C14H30N2O. The van der Waals surface area contributed by atoms with Gasteiger partial charge in [0.2, 0.25) is 5.91 Å². The summed E-state index contributed by atoms with van der Waals surface area (Å²) in [7, 11) is 0. The van der Waals surface area contributed by atoms with Gasteiger partial charge in [-0.25, -0.2) is 0 Å². The van der Waals surface area contributed by atoms with Crippen molar-refractivity contribution in [2.75, 3.05) is 13.1 Å². The molecule has 102 valence electrons. The van der Waals surface area contributed by atoms with Gasteiger partial charge in [0.05, 0.1) is 6.54 Å². The second-order valence-corrected chi connectivity index (χ2v) is 4.83. The van der Waals surface area contributed by atoms with Crippen molar-refractivity contribution in [1.82, 2.24) is 10.6 Å². The first kappa shape index (κ1) is 16.4. The highest BCUT2D eigenvalue weighted by Gasteiger charge is 2.04. The molecule has 0 radical (unpaired) electrons. The Hall–Kier alpha value is -0.570. The van der Waals surface area contributed by atoms with Gasteiger partial charge in [-0.15, -0.1) is 0 Å². The second kappa shape index (κ2) is 11.9. The van der Waals surface area contributed by atoms with E-state index < -0.39 is 0 Å². The maximum atomic E-state index is 11.3. The molecule has 0 fully saturated rings. The summed E-state index contributed by atoms with van der Waals surface area (Å²) < 4.78 is 0. The summed E-state index contributed by atoms with van der Waals surface area (Å²) in [4.78, 5) is 11.3. The lowest BCUT2D eigenvalue weighted by Crippen LogP contribution is -2.38. The predicted octanol–water partition coefficient (Wildman–Crippen LogP) is 2.85. The fraction of sp³-hybridized carbons (Fsp3) is 0.929. The Morgan fingerprint density at radius 2 is 1.76 bits per heavy atom. The lowest BCUT2D eigenvalue weighted by Gasteiger charge is -2.13. The molecule has 1 atom stereocenters. The zero-order valence-electron chi connectivity index (χ0n) is 11.8. The summed E-state index contributed by atoms with van der Waals surface area (Å²) in [6, 6.07) is 0.448. The molecule has 0 rings (SSSR count). The van der Waals surface area contributed by atoms with E-state index >= 15 is 0 Å². The molecule has 0 aliphatic heterocycles. The van der Waals surface area contributed by atoms with Crippen LogP contribution in [0.1, 0.15) is 65.7 Å². The lowest BCUT2D eigenvalue weighted by atomic mass is 10.1. The fourth-order valence-corrected chi connectivity index (χ4v) is 1.75. The van der Waals surface area contributed by atoms with Crippen molar-refractivity contribution in [1.29, 1.82) is 0 Å². The molecule has 3 heteroatoms. The first-order valence-corrected chi connectivity index (χ1v) is 7.20. The number of nitrogens with one attached hydrogen (secondary N) is 2. The maximum absolute atomic E-state index is 11.3. The molecule has 0 saturated heterocycles. The van der Waals surface area contributed by atoms with E-state index in [0.29, 0.717) is 12.6 Å². The van der Waals surface area contributed by atoms with Gasteiger partial charge in [0.1, 0.15) is 0 Å². The van der Waals surface area contributed by atoms with Crippen molar-refractivity contribution in [3.05, 3.63) is 0 Å². The quantitative estimate of drug-likeness (QED) is 0.547. The lowest BCUT2D eigenvalue weighted by molar-refractivity contribution is -0.120. The molecule has 0 heterocycles. The van der Waals surface area contributed by atoms with E-state index in [2.05, 4.69) is 31.4 Å². The van der Waals surface area contributed by atoms with Gasteiger partial charge in [0.25, 0.3) is 0 Å². The van der Waals surface area contributed by atoms with Crippen molar-refractivity contribution in [2.24, 2.45) is 0 Å². The third-order valence-corrected chi connectivity index (χ3v) is 2.92. The molecule has 0 bridgehead atoms. The maximum Gasteiger partial charge on any atom is 0.233 e. The van der Waals surface area contributed by atoms with Gasteiger partial charge in [-0.05, 0) is 19.8 Å². The van der Waals surface area contributed by atoms with Crippen molar-refractivity contribution in [2.45, 2.75) is 71.8 Å². The van der Waals surface area contributed by atoms with Crippen molar-refractivity contribution in [3.8, 4) is 0 Å². The van der Waals surface area contributed by atoms with Crippen LogP contribution >= 0.6 is 0 Å². The normalized spacial score (nSPS) is 12.4. The smallest absolute Gasteiger partial charge is 0.233 e. The SMILES string of the molecule is CCCCCCCC(C)NCC(=O)NCCC. The average molecular weight is 242 g/mol. The summed E-state index contributed by atoms with van der Waals surface area (Å²) in [5.41, 5.74) is 0. The number of hydrogen-bond acceptors (Lipinski definition) is 2. The van der Waals surface area contributed by atoms with Crippen LogP contribution in [-0.2, 0) is 4.79 Å². The number of carbonyl (C=O) groups is 1. The molecule has 0 aliphatic rings. The standard InChI is InChI=1S/C14H30N2O/c1-4-6-7-8-9-10-13(3)16-12-14(17)15-11-5-2/h13,16H,4-12H2,1-3H3,(H,15,17). The van der Waals surface area contributed by atoms with Gasteiger partial charge >= 0.3 is 0 Å². The van der Waals surface area contributed by atoms with Crippen LogP contribution < -0.4 is 10.6 Å². The Morgan fingerprint density at radius 1 is 1.06 bits per heavy atom. The van der Waals surface area contributed by atoms with Crippen LogP contribution in [0.2, 0.25) is 0 Å². The minimum atomic E-state index is 0.115. The van der Waals surface area contributed by atoms with Crippen LogP contribution in [0.5, 0.6) is 0 Å². The van der Waals surface area contributed by atoms with E-state index in [1.165, 1.54) is 38.5 Å². The first-order chi connectivity index (χ1) is 8.20. The van der Waals surface area contributed by atoms with Crippen LogP contribution in [0.4, 0.5) is 0 Å². The van der Waals surface area contributed by atoms with E-state index in [0.717, 1.165) is 13.0 Å². The van der Waals surface area contributed by atoms with Crippen molar-refractivity contribution >= 4 is 5.91 Å². The topological polar surface area (TPSA) is 41.1 Å². The van der Waals surface area contributed by atoms with Gasteiger partial charge in [-0.3, -0.25) is 4.79 Å². The third-order valence-electron chi connectivity index (χ3n) is 2.92. The van der Waals surface area contributed by atoms with Crippen LogP contribution in [-0.4, -0.2) is 25.0 Å². The van der Waals surface area contributed by atoms with Gasteiger partial charge in [-0.2, -0.15) is 0 Å². The van der Waals surface area contributed by atoms with E-state index in [9.17, 15) is 4.79 Å². The highest BCUT2D eigenvalue weighted by molar-refractivity contribution is 5.77. The highest BCUT2D eigenvalue weighted by atomic mass is 16.1. The number of rotatable bonds is 11. The van der Waals surface area contributed by atoms with E-state index in [4.69, 9.17) is 0 Å². The third kappa shape index (κ3) is 11.7. The van der Waals surface area contributed by atoms with Crippen LogP contribution in [0, 0.1) is 0 Å². The average Bonchev–Trinajstić information content (AvgIpc) is 2.33. The molecular weight excluding hydrogens is 212 g/mol. The van der Waals surface area contributed by atoms with Crippen molar-refractivity contribution < 1.29 is 4.79 Å². The van der Waals surface area contributed by atoms with Crippen LogP contribution in [0.15, 0.2) is 0 Å². The number of amides is 1. The van der Waals surface area contributed by atoms with Gasteiger partial charge in [0, 0.05) is 12.6 Å². The van der Waals surface area contributed by atoms with Crippen LogP contribution in [0.3, 0.4) is 0 Å². The molecule has 0 aliphatic carbocycles. The van der Waals surface area contributed by atoms with Crippen molar-refractivity contribution in [3.63, 3.8) is 0 Å². The molecule has 0 spiro atoms. The Kier molecular flexibility index (Phi) is 11.5. The Bertz CT molecular complexity index is 183. The van der Waals surface area contributed by atoms with Gasteiger partial charge < -0.3 is 10.6 Å². The molecule has 1 amide bonds. The summed E-state index contributed by atoms with van der Waals surface area (Å²) in [5.74, 6) is 0.115. The molecule has 3 nitrogen and oxygen atoms in total. The fourth-order valence-electron chi connectivity index (χ4n) is 1.75. The van der Waals surface area contributed by atoms with E-state index in [1.807, 2.05) is 0 Å². The summed E-state index contributed by atoms with van der Waals surface area (Å²) >= 11 is 0. The zero-order chi connectivity index (χ0) is 12.9. The molecule has 17 heavy (non-hydrogen) atoms. The largest absolute Gasteiger partial charge is 0.355 e. The number of carbonyl (C=O) groups excluding carboxylic acids is 1. The van der Waals surface area contributed by atoms with Gasteiger partial charge in [-0.1, -0.05) is 46.0 Å². The Morgan fingerprint density at radius 3 is 2.41 bits per heavy atom. The Labute approximate surface area is 107 Å². The number of hydrogen-bond donors (Lipinski definition) is 2. The minimum absolute atomic E-state index is 0.115. The van der Waals surface area contributed by atoms with Gasteiger partial charge in [0.15, 0.2) is 0 Å². The highest BCUT2D eigenvalue weighted by Crippen LogP contribution is 2.06. The monoisotopic (exact) mass is 242 g/mol. The van der Waals surface area contributed by atoms with E-state index in [1.54, 1.807) is 0 Å². The summed E-state index contributed by atoms with van der Waals surface area (Å²) in [6.45, 7) is 7.70. The molecule has 2 N–H and O–H groups in total. The molecule has 1 unspecified atom stereocenters. The first-order valence-electron chi connectivity index (χ1n) is 7.20.